The van der Waals surface area contributed by atoms with E-state index < -0.39 is 12.1 Å². The normalized spacial score (nSPS) is 24.0. The van der Waals surface area contributed by atoms with E-state index in [1.54, 1.807) is 6.92 Å². The van der Waals surface area contributed by atoms with Gasteiger partial charge in [-0.05, 0) is 80.4 Å². The Morgan fingerprint density at radius 2 is 1.97 bits per heavy atom. The molecule has 1 aromatic rings. The summed E-state index contributed by atoms with van der Waals surface area (Å²) < 4.78 is 21.3. The van der Waals surface area contributed by atoms with Gasteiger partial charge in [0.05, 0.1) is 19.8 Å². The monoisotopic (exact) mass is 476 g/mol. The van der Waals surface area contributed by atoms with Crippen LogP contribution in [0, 0.1) is 17.8 Å². The van der Waals surface area contributed by atoms with Gasteiger partial charge in [0.25, 0.3) is 0 Å². The third kappa shape index (κ3) is 6.87. The summed E-state index contributed by atoms with van der Waals surface area (Å²) in [4.78, 5) is 23.7. The van der Waals surface area contributed by atoms with Gasteiger partial charge < -0.3 is 24.1 Å². The molecule has 0 amide bonds. The highest BCUT2D eigenvalue weighted by molar-refractivity contribution is 5.71. The number of hydrogen-bond acceptors (Lipinski definition) is 7. The zero-order valence-corrected chi connectivity index (χ0v) is 20.8. The molecule has 1 aromatic carbocycles. The molecular formula is C27H40O7. The van der Waals surface area contributed by atoms with E-state index in [0.717, 1.165) is 69.1 Å². The van der Waals surface area contributed by atoms with Crippen LogP contribution in [0.25, 0.3) is 0 Å². The molecule has 2 aliphatic carbocycles. The largest absolute Gasteiger partial charge is 0.508 e. The molecule has 0 saturated heterocycles. The van der Waals surface area contributed by atoms with E-state index in [9.17, 15) is 14.7 Å². The van der Waals surface area contributed by atoms with Crippen molar-refractivity contribution in [3.05, 3.63) is 29.3 Å². The minimum absolute atomic E-state index is 0.117. The summed E-state index contributed by atoms with van der Waals surface area (Å²) >= 11 is 0. The number of aliphatic hydroxyl groups excluding tert-OH is 1. The number of unbranched alkanes of at least 4 members (excludes halogenated alkanes) is 2. The molecule has 0 aliphatic heterocycles. The number of rotatable bonds is 12. The Morgan fingerprint density at radius 1 is 1.15 bits per heavy atom. The van der Waals surface area contributed by atoms with Crippen molar-refractivity contribution in [3.8, 4) is 5.75 Å². The molecule has 34 heavy (non-hydrogen) atoms. The van der Waals surface area contributed by atoms with Crippen LogP contribution in [0.4, 0.5) is 4.79 Å². The number of hydrogen-bond donors (Lipinski definition) is 1. The van der Waals surface area contributed by atoms with Gasteiger partial charge >= 0.3 is 12.1 Å². The van der Waals surface area contributed by atoms with Gasteiger partial charge in [0.2, 0.25) is 0 Å². The Bertz CT molecular complexity index is 808. The fourth-order valence-corrected chi connectivity index (χ4v) is 5.68. The number of carbonyl (C=O) groups is 2. The molecule has 0 radical (unpaired) electrons. The van der Waals surface area contributed by atoms with E-state index in [0.29, 0.717) is 11.8 Å². The van der Waals surface area contributed by atoms with Gasteiger partial charge in [-0.3, -0.25) is 0 Å². The van der Waals surface area contributed by atoms with E-state index in [-0.39, 0.29) is 31.3 Å². The highest BCUT2D eigenvalue weighted by atomic mass is 16.7. The Morgan fingerprint density at radius 3 is 2.71 bits per heavy atom. The van der Waals surface area contributed by atoms with Crippen LogP contribution in [-0.2, 0) is 31.8 Å². The predicted octanol–water partition coefficient (Wildman–Crippen LogP) is 4.85. The van der Waals surface area contributed by atoms with Crippen molar-refractivity contribution in [1.29, 1.82) is 0 Å². The molecule has 7 nitrogen and oxygen atoms in total. The summed E-state index contributed by atoms with van der Waals surface area (Å²) in [5.74, 6) is 1.21. The van der Waals surface area contributed by atoms with Crippen LogP contribution < -0.4 is 4.74 Å². The summed E-state index contributed by atoms with van der Waals surface area (Å²) in [6, 6.07) is 5.97. The molecule has 1 N–H and O–H groups in total. The van der Waals surface area contributed by atoms with Crippen molar-refractivity contribution in [2.75, 3.05) is 20.3 Å². The van der Waals surface area contributed by atoms with Crippen molar-refractivity contribution in [1.82, 2.24) is 0 Å². The summed E-state index contributed by atoms with van der Waals surface area (Å²) in [6.07, 6.45) is 6.99. The van der Waals surface area contributed by atoms with Crippen molar-refractivity contribution in [3.63, 3.8) is 0 Å². The maximum absolute atomic E-state index is 12.2. The number of esters is 1. The van der Waals surface area contributed by atoms with Gasteiger partial charge in [-0.1, -0.05) is 38.3 Å². The molecule has 1 saturated carbocycles. The van der Waals surface area contributed by atoms with Gasteiger partial charge in [-0.2, -0.15) is 0 Å². The number of carbonyl (C=O) groups excluding carboxylic acids is 2. The minimum Gasteiger partial charge on any atom is -0.482 e. The fraction of sp³-hybridized carbons (Fsp3) is 0.704. The number of fused-ring (bicyclic) bond motifs is 2. The standard InChI is InChI=1S/C27H40O7/c1-4-6-7-10-20(28)12-13-21-22-14-18-9-8-11-24(33-17-26(29)31-3)23(18)15-19(22)16-25(21)34-27(30)32-5-2/h8-9,11,19-22,25,28H,4-7,10,12-17H2,1-3H3/t19-,20-,21+,22?,25+/m0/s1. The summed E-state index contributed by atoms with van der Waals surface area (Å²) in [5, 5.41) is 10.5. The Labute approximate surface area is 203 Å². The maximum atomic E-state index is 12.2. The van der Waals surface area contributed by atoms with Crippen LogP contribution >= 0.6 is 0 Å². The van der Waals surface area contributed by atoms with Crippen LogP contribution in [0.3, 0.4) is 0 Å². The lowest BCUT2D eigenvalue weighted by atomic mass is 9.73. The van der Waals surface area contributed by atoms with Gasteiger partial charge in [-0.15, -0.1) is 0 Å². The van der Waals surface area contributed by atoms with Gasteiger partial charge in [0.15, 0.2) is 6.61 Å². The molecule has 0 bridgehead atoms. The number of methoxy groups -OCH3 is 1. The van der Waals surface area contributed by atoms with E-state index in [4.69, 9.17) is 18.9 Å². The second-order valence-corrected chi connectivity index (χ2v) is 9.56. The second kappa shape index (κ2) is 13.0. The molecule has 1 unspecified atom stereocenters. The summed E-state index contributed by atoms with van der Waals surface area (Å²) in [5.41, 5.74) is 2.34. The molecule has 0 aromatic heterocycles. The van der Waals surface area contributed by atoms with E-state index in [1.807, 2.05) is 12.1 Å². The molecule has 1 fully saturated rings. The van der Waals surface area contributed by atoms with Crippen LogP contribution in [0.1, 0.15) is 69.9 Å². The topological polar surface area (TPSA) is 91.3 Å². The number of benzene rings is 1. The van der Waals surface area contributed by atoms with Gasteiger partial charge in [0, 0.05) is 0 Å². The number of ether oxygens (including phenoxy) is 4. The first-order chi connectivity index (χ1) is 16.5. The third-order valence-corrected chi connectivity index (χ3v) is 7.38. The summed E-state index contributed by atoms with van der Waals surface area (Å²) in [6.45, 7) is 4.10. The number of aliphatic hydroxyl groups is 1. The molecule has 0 heterocycles. The Kier molecular flexibility index (Phi) is 10.1. The van der Waals surface area contributed by atoms with Gasteiger partial charge in [0.1, 0.15) is 11.9 Å². The van der Waals surface area contributed by atoms with E-state index in [1.165, 1.54) is 12.7 Å². The van der Waals surface area contributed by atoms with Crippen LogP contribution in [0.5, 0.6) is 5.75 Å². The van der Waals surface area contributed by atoms with Crippen molar-refractivity contribution in [2.45, 2.75) is 83.8 Å². The van der Waals surface area contributed by atoms with E-state index >= 15 is 0 Å². The minimum atomic E-state index is -0.612. The van der Waals surface area contributed by atoms with Crippen molar-refractivity contribution >= 4 is 12.1 Å². The summed E-state index contributed by atoms with van der Waals surface area (Å²) in [7, 11) is 1.35. The van der Waals surface area contributed by atoms with Gasteiger partial charge in [-0.25, -0.2) is 9.59 Å². The first kappa shape index (κ1) is 26.3. The molecule has 5 atom stereocenters. The van der Waals surface area contributed by atoms with Crippen molar-refractivity contribution in [2.24, 2.45) is 17.8 Å². The molecule has 3 rings (SSSR count). The zero-order valence-electron chi connectivity index (χ0n) is 20.8. The quantitative estimate of drug-likeness (QED) is 0.340. The lowest BCUT2D eigenvalue weighted by Gasteiger charge is -2.32. The zero-order chi connectivity index (χ0) is 24.5. The molecule has 190 valence electrons. The first-order valence-corrected chi connectivity index (χ1v) is 12.8. The van der Waals surface area contributed by atoms with E-state index in [2.05, 4.69) is 13.0 Å². The molecular weight excluding hydrogens is 436 g/mol. The molecule has 2 aliphatic rings. The molecule has 7 heteroatoms. The SMILES string of the molecule is CCCCC[C@H](O)CC[C@@H]1C2Cc3cccc(OCC(=O)OC)c3C[C@H]2C[C@H]1OC(=O)OCC. The third-order valence-electron chi connectivity index (χ3n) is 7.38. The Balaban J connectivity index is 1.72. The average molecular weight is 477 g/mol. The highest BCUT2D eigenvalue weighted by Gasteiger charge is 2.47. The average Bonchev–Trinajstić information content (AvgIpc) is 3.15. The predicted molar refractivity (Wildman–Crippen MR) is 128 cm³/mol. The lowest BCUT2D eigenvalue weighted by molar-refractivity contribution is -0.142. The van der Waals surface area contributed by atoms with Crippen molar-refractivity contribution < 1.29 is 33.6 Å². The Hall–Kier alpha value is -2.28. The van der Waals surface area contributed by atoms with Crippen LogP contribution in [-0.4, -0.2) is 49.8 Å². The first-order valence-electron chi connectivity index (χ1n) is 12.8. The maximum Gasteiger partial charge on any atom is 0.508 e. The smallest absolute Gasteiger partial charge is 0.482 e. The lowest BCUT2D eigenvalue weighted by Crippen LogP contribution is -2.30. The van der Waals surface area contributed by atoms with Crippen LogP contribution in [0.15, 0.2) is 18.2 Å². The fourth-order valence-electron chi connectivity index (χ4n) is 5.68. The second-order valence-electron chi connectivity index (χ2n) is 9.56. The van der Waals surface area contributed by atoms with Crippen LogP contribution in [0.2, 0.25) is 0 Å². The molecule has 0 spiro atoms. The highest BCUT2D eigenvalue weighted by Crippen LogP contribution is 2.49.